The zero-order chi connectivity index (χ0) is 22.5. The number of carbonyl (C=O) groups excluding carboxylic acids is 4. The average molecular weight is 426 g/mol. The molecule has 28 heavy (non-hydrogen) atoms. The van der Waals surface area contributed by atoms with Crippen LogP contribution in [0.4, 0.5) is 0 Å². The summed E-state index contributed by atoms with van der Waals surface area (Å²) >= 11 is 0. The SMILES string of the molecule is CC(=O)C(O)[C@@]1(COS(C)(=O)=O)O[C@@](O)(C(C)=O)[C@@](O)(C(C)=O)[C@@]1(O)C(C)=O. The maximum absolute atomic E-state index is 12.4. The van der Waals surface area contributed by atoms with Crippen molar-refractivity contribution in [2.75, 3.05) is 12.9 Å². The van der Waals surface area contributed by atoms with Crippen LogP contribution < -0.4 is 0 Å². The molecule has 13 heteroatoms. The van der Waals surface area contributed by atoms with E-state index in [1.54, 1.807) is 0 Å². The van der Waals surface area contributed by atoms with Crippen LogP contribution in [0.25, 0.3) is 0 Å². The van der Waals surface area contributed by atoms with E-state index in [2.05, 4.69) is 4.18 Å². The van der Waals surface area contributed by atoms with E-state index in [1.807, 2.05) is 0 Å². The molecule has 0 aliphatic carbocycles. The fourth-order valence-electron chi connectivity index (χ4n) is 3.32. The summed E-state index contributed by atoms with van der Waals surface area (Å²) in [5.41, 5.74) is -10.6. The fourth-order valence-corrected chi connectivity index (χ4v) is 3.71. The monoisotopic (exact) mass is 426 g/mol. The molecule has 5 atom stereocenters. The number of Topliss-reactive ketones (excluding diaryl/α,β-unsaturated/α-hetero) is 4. The second-order valence-electron chi connectivity index (χ2n) is 6.70. The van der Waals surface area contributed by atoms with E-state index in [-0.39, 0.29) is 0 Å². The van der Waals surface area contributed by atoms with E-state index in [4.69, 9.17) is 4.74 Å². The number of hydrogen-bond acceptors (Lipinski definition) is 12. The summed E-state index contributed by atoms with van der Waals surface area (Å²) in [4.78, 5) is 48.5. The minimum absolute atomic E-state index is 0.539. The predicted octanol–water partition coefficient (Wildman–Crippen LogP) is -3.40. The molecule has 1 unspecified atom stereocenters. The van der Waals surface area contributed by atoms with Crippen LogP contribution in [-0.4, -0.2) is 93.5 Å². The van der Waals surface area contributed by atoms with Gasteiger partial charge in [0.25, 0.3) is 15.9 Å². The Balaban J connectivity index is 4.07. The molecule has 1 saturated heterocycles. The second-order valence-corrected chi connectivity index (χ2v) is 8.35. The van der Waals surface area contributed by atoms with Gasteiger partial charge in [0.2, 0.25) is 5.60 Å². The van der Waals surface area contributed by atoms with Gasteiger partial charge in [0.15, 0.2) is 34.3 Å². The van der Waals surface area contributed by atoms with E-state index < -0.39 is 68.6 Å². The first-order valence-corrected chi connectivity index (χ1v) is 9.60. The quantitative estimate of drug-likeness (QED) is 0.281. The van der Waals surface area contributed by atoms with Gasteiger partial charge in [-0.1, -0.05) is 0 Å². The average Bonchev–Trinajstić information content (AvgIpc) is 2.70. The standard InChI is InChI=1S/C15H22O12S/c1-7(16)11(20)12(6-26-28(5,24)25)13(21,8(2)17)14(22,9(3)18)15(23,27-12)10(4)19/h11,20-23H,6H2,1-5H3/t11?,12-,13-,14-,15+/m1/s1. The number of hydrogen-bond donors (Lipinski definition) is 4. The first-order valence-electron chi connectivity index (χ1n) is 7.78. The van der Waals surface area contributed by atoms with Crippen LogP contribution in [0.3, 0.4) is 0 Å². The molecular formula is C15H22O12S. The van der Waals surface area contributed by atoms with Gasteiger partial charge in [-0.2, -0.15) is 8.42 Å². The highest BCUT2D eigenvalue weighted by Crippen LogP contribution is 2.54. The third-order valence-electron chi connectivity index (χ3n) is 4.77. The minimum Gasteiger partial charge on any atom is -0.382 e. The molecule has 12 nitrogen and oxygen atoms in total. The third kappa shape index (κ3) is 3.03. The zero-order valence-corrected chi connectivity index (χ0v) is 16.6. The Morgan fingerprint density at radius 2 is 1.36 bits per heavy atom. The van der Waals surface area contributed by atoms with E-state index >= 15 is 0 Å². The number of aliphatic hydroxyl groups excluding tert-OH is 1. The largest absolute Gasteiger partial charge is 0.382 e. The van der Waals surface area contributed by atoms with Gasteiger partial charge in [0.05, 0.1) is 6.26 Å². The highest BCUT2D eigenvalue weighted by atomic mass is 32.2. The Bertz CT molecular complexity index is 834. The Kier molecular flexibility index (Phi) is 6.12. The van der Waals surface area contributed by atoms with Gasteiger partial charge in [-0.15, -0.1) is 0 Å². The number of aliphatic hydroxyl groups is 4. The van der Waals surface area contributed by atoms with Crippen molar-refractivity contribution >= 4 is 33.3 Å². The van der Waals surface area contributed by atoms with Crippen LogP contribution in [0.15, 0.2) is 0 Å². The van der Waals surface area contributed by atoms with Crippen LogP contribution in [0.1, 0.15) is 27.7 Å². The Morgan fingerprint density at radius 1 is 0.929 bits per heavy atom. The summed E-state index contributed by atoms with van der Waals surface area (Å²) in [5.74, 6) is -9.41. The first-order chi connectivity index (χ1) is 12.3. The van der Waals surface area contributed by atoms with Crippen molar-refractivity contribution in [2.24, 2.45) is 0 Å². The lowest BCUT2D eigenvalue weighted by atomic mass is 9.64. The van der Waals surface area contributed by atoms with Crippen molar-refractivity contribution in [3.63, 3.8) is 0 Å². The third-order valence-corrected chi connectivity index (χ3v) is 5.31. The lowest BCUT2D eigenvalue weighted by Gasteiger charge is -2.44. The molecule has 0 spiro atoms. The molecule has 0 bridgehead atoms. The predicted molar refractivity (Wildman–Crippen MR) is 88.2 cm³/mol. The maximum Gasteiger partial charge on any atom is 0.267 e. The molecule has 0 radical (unpaired) electrons. The molecule has 0 aromatic carbocycles. The van der Waals surface area contributed by atoms with E-state index in [9.17, 15) is 48.0 Å². The number of carbonyl (C=O) groups is 4. The van der Waals surface area contributed by atoms with E-state index in [0.29, 0.717) is 27.0 Å². The summed E-state index contributed by atoms with van der Waals surface area (Å²) in [6, 6.07) is 0. The summed E-state index contributed by atoms with van der Waals surface area (Å²) < 4.78 is 32.3. The Labute approximate surface area is 160 Å². The van der Waals surface area contributed by atoms with Crippen LogP contribution in [-0.2, 0) is 38.2 Å². The van der Waals surface area contributed by atoms with Gasteiger partial charge >= 0.3 is 0 Å². The normalized spacial score (nSPS) is 36.8. The smallest absolute Gasteiger partial charge is 0.267 e. The molecule has 1 aliphatic heterocycles. The van der Waals surface area contributed by atoms with Gasteiger partial charge in [0, 0.05) is 6.92 Å². The van der Waals surface area contributed by atoms with Crippen molar-refractivity contribution in [3.05, 3.63) is 0 Å². The fraction of sp³-hybridized carbons (Fsp3) is 0.733. The van der Waals surface area contributed by atoms with Gasteiger partial charge in [-0.05, 0) is 20.8 Å². The number of ketones is 4. The minimum atomic E-state index is -4.36. The highest BCUT2D eigenvalue weighted by Gasteiger charge is 2.86. The molecular weight excluding hydrogens is 404 g/mol. The summed E-state index contributed by atoms with van der Waals surface area (Å²) in [5, 5.41) is 43.1. The lowest BCUT2D eigenvalue weighted by molar-refractivity contribution is -0.267. The molecule has 1 rings (SSSR count). The number of ether oxygens (including phenoxy) is 1. The number of rotatable bonds is 8. The maximum atomic E-state index is 12.4. The lowest BCUT2D eigenvalue weighted by Crippen LogP contribution is -2.77. The van der Waals surface area contributed by atoms with Crippen molar-refractivity contribution in [1.29, 1.82) is 0 Å². The van der Waals surface area contributed by atoms with Crippen molar-refractivity contribution in [2.45, 2.75) is 56.4 Å². The van der Waals surface area contributed by atoms with Crippen LogP contribution in [0.5, 0.6) is 0 Å². The second kappa shape index (κ2) is 7.02. The van der Waals surface area contributed by atoms with E-state index in [0.717, 1.165) is 6.92 Å². The molecule has 160 valence electrons. The van der Waals surface area contributed by atoms with Gasteiger partial charge < -0.3 is 25.2 Å². The Hall–Kier alpha value is -1.61. The zero-order valence-electron chi connectivity index (χ0n) is 15.7. The van der Waals surface area contributed by atoms with Crippen molar-refractivity contribution < 1.29 is 56.9 Å². The molecule has 1 fully saturated rings. The first kappa shape index (κ1) is 24.4. The molecule has 1 heterocycles. The van der Waals surface area contributed by atoms with Crippen molar-refractivity contribution in [1.82, 2.24) is 0 Å². The molecule has 1 aliphatic rings. The highest BCUT2D eigenvalue weighted by molar-refractivity contribution is 7.85. The summed E-state index contributed by atoms with van der Waals surface area (Å²) in [6.07, 6.45) is -2.07. The van der Waals surface area contributed by atoms with Gasteiger partial charge in [0.1, 0.15) is 12.7 Å². The van der Waals surface area contributed by atoms with Gasteiger partial charge in [-0.3, -0.25) is 23.4 Å². The molecule has 0 saturated carbocycles. The van der Waals surface area contributed by atoms with Crippen molar-refractivity contribution in [3.8, 4) is 0 Å². The summed E-state index contributed by atoms with van der Waals surface area (Å²) in [7, 11) is -4.36. The summed E-state index contributed by atoms with van der Waals surface area (Å²) in [6.45, 7) is 1.06. The topological polar surface area (TPSA) is 202 Å². The van der Waals surface area contributed by atoms with Crippen LogP contribution >= 0.6 is 0 Å². The van der Waals surface area contributed by atoms with Gasteiger partial charge in [-0.25, -0.2) is 0 Å². The van der Waals surface area contributed by atoms with Crippen LogP contribution in [0, 0.1) is 0 Å². The molecule has 0 aromatic heterocycles. The molecule has 0 aromatic rings. The molecule has 4 N–H and O–H groups in total. The van der Waals surface area contributed by atoms with E-state index in [1.165, 1.54) is 0 Å². The molecule has 0 amide bonds. The van der Waals surface area contributed by atoms with Crippen LogP contribution in [0.2, 0.25) is 0 Å². The Morgan fingerprint density at radius 3 is 1.64 bits per heavy atom.